The van der Waals surface area contributed by atoms with Gasteiger partial charge in [0.25, 0.3) is 11.8 Å². The zero-order chi connectivity index (χ0) is 17.1. The van der Waals surface area contributed by atoms with Crippen LogP contribution in [0.15, 0.2) is 18.2 Å². The Labute approximate surface area is 151 Å². The Hall–Kier alpha value is -2.58. The zero-order valence-corrected chi connectivity index (χ0v) is 14.8. The van der Waals surface area contributed by atoms with Crippen molar-refractivity contribution in [1.29, 1.82) is 0 Å². The first kappa shape index (κ1) is 18.8. The molecule has 0 spiro atoms. The van der Waals surface area contributed by atoms with Gasteiger partial charge in [-0.25, -0.2) is 0 Å². The lowest BCUT2D eigenvalue weighted by molar-refractivity contribution is 0.0963. The molecule has 2 heterocycles. The van der Waals surface area contributed by atoms with Gasteiger partial charge < -0.3 is 20.7 Å². The molecular formula is C16H20ClN5O3. The summed E-state index contributed by atoms with van der Waals surface area (Å²) < 4.78 is 5.14. The van der Waals surface area contributed by atoms with Gasteiger partial charge in [0.1, 0.15) is 5.75 Å². The predicted octanol–water partition coefficient (Wildman–Crippen LogP) is 1.10. The second kappa shape index (κ2) is 8.00. The van der Waals surface area contributed by atoms with Gasteiger partial charge in [0.05, 0.1) is 18.4 Å². The van der Waals surface area contributed by atoms with Gasteiger partial charge in [0.2, 0.25) is 0 Å². The Morgan fingerprint density at radius 3 is 2.80 bits per heavy atom. The van der Waals surface area contributed by atoms with E-state index in [2.05, 4.69) is 26.1 Å². The summed E-state index contributed by atoms with van der Waals surface area (Å²) >= 11 is 0. The van der Waals surface area contributed by atoms with Crippen LogP contribution in [0.25, 0.3) is 0 Å². The molecule has 2 aromatic rings. The molecule has 8 nitrogen and oxygen atoms in total. The Kier molecular flexibility index (Phi) is 6.00. The van der Waals surface area contributed by atoms with Crippen LogP contribution in [-0.2, 0) is 13.0 Å². The third-order valence-electron chi connectivity index (χ3n) is 3.97. The van der Waals surface area contributed by atoms with Crippen LogP contribution in [0.2, 0.25) is 0 Å². The highest BCUT2D eigenvalue weighted by atomic mass is 35.5. The number of fused-ring (bicyclic) bond motifs is 1. The number of anilines is 1. The van der Waals surface area contributed by atoms with E-state index >= 15 is 0 Å². The van der Waals surface area contributed by atoms with Gasteiger partial charge in [-0.2, -0.15) is 5.10 Å². The van der Waals surface area contributed by atoms with E-state index in [9.17, 15) is 9.59 Å². The van der Waals surface area contributed by atoms with E-state index in [-0.39, 0.29) is 24.2 Å². The van der Waals surface area contributed by atoms with Crippen LogP contribution in [0.4, 0.5) is 5.69 Å². The number of hydrogen-bond acceptors (Lipinski definition) is 5. The maximum atomic E-state index is 12.6. The van der Waals surface area contributed by atoms with E-state index < -0.39 is 0 Å². The fraction of sp³-hybridized carbons (Fsp3) is 0.312. The van der Waals surface area contributed by atoms with E-state index in [1.807, 2.05) is 0 Å². The molecular weight excluding hydrogens is 346 g/mol. The van der Waals surface area contributed by atoms with Gasteiger partial charge in [-0.1, -0.05) is 0 Å². The highest BCUT2D eigenvalue weighted by Crippen LogP contribution is 2.23. The average Bonchev–Trinajstić information content (AvgIpc) is 3.05. The normalized spacial score (nSPS) is 12.6. The molecule has 0 radical (unpaired) electrons. The number of aromatic amines is 1. The molecule has 3 rings (SSSR count). The van der Waals surface area contributed by atoms with E-state index in [4.69, 9.17) is 4.74 Å². The Morgan fingerprint density at radius 2 is 2.08 bits per heavy atom. The second-order valence-electron chi connectivity index (χ2n) is 5.40. The summed E-state index contributed by atoms with van der Waals surface area (Å²) in [4.78, 5) is 24.6. The first-order chi connectivity index (χ1) is 11.6. The smallest absolute Gasteiger partial charge is 0.276 e. The summed E-state index contributed by atoms with van der Waals surface area (Å²) in [5, 5.41) is 15.6. The summed E-state index contributed by atoms with van der Waals surface area (Å²) in [5.74, 6) is -0.130. The van der Waals surface area contributed by atoms with Crippen LogP contribution in [0, 0.1) is 0 Å². The monoisotopic (exact) mass is 365 g/mol. The molecule has 0 saturated heterocycles. The Bertz CT molecular complexity index is 790. The average molecular weight is 366 g/mol. The van der Waals surface area contributed by atoms with Crippen LogP contribution in [0.5, 0.6) is 5.75 Å². The molecule has 0 bridgehead atoms. The van der Waals surface area contributed by atoms with Crippen molar-refractivity contribution in [3.63, 3.8) is 0 Å². The van der Waals surface area contributed by atoms with Crippen molar-refractivity contribution in [2.45, 2.75) is 13.0 Å². The van der Waals surface area contributed by atoms with Crippen LogP contribution in [0.1, 0.15) is 32.1 Å². The lowest BCUT2D eigenvalue weighted by atomic mass is 10.1. The van der Waals surface area contributed by atoms with Crippen LogP contribution < -0.4 is 20.7 Å². The van der Waals surface area contributed by atoms with Crippen molar-refractivity contribution >= 4 is 29.9 Å². The minimum atomic E-state index is -0.355. The van der Waals surface area contributed by atoms with Crippen molar-refractivity contribution in [3.8, 4) is 5.75 Å². The van der Waals surface area contributed by atoms with E-state index in [0.717, 1.165) is 24.2 Å². The third-order valence-corrected chi connectivity index (χ3v) is 3.97. The predicted molar refractivity (Wildman–Crippen MR) is 95.6 cm³/mol. The molecule has 2 amide bonds. The number of amides is 2. The minimum Gasteiger partial charge on any atom is -0.497 e. The van der Waals surface area contributed by atoms with Crippen molar-refractivity contribution in [1.82, 2.24) is 20.8 Å². The highest BCUT2D eigenvalue weighted by Gasteiger charge is 2.23. The molecule has 1 aliphatic rings. The first-order valence-corrected chi connectivity index (χ1v) is 7.62. The minimum absolute atomic E-state index is 0. The fourth-order valence-electron chi connectivity index (χ4n) is 2.68. The molecule has 0 saturated carbocycles. The number of nitrogens with zero attached hydrogens (tertiary/aromatic N) is 1. The summed E-state index contributed by atoms with van der Waals surface area (Å²) in [6, 6.07) is 4.90. The number of carbonyl (C=O) groups excluding carboxylic acids is 2. The maximum absolute atomic E-state index is 12.6. The van der Waals surface area contributed by atoms with Crippen molar-refractivity contribution < 1.29 is 14.3 Å². The Morgan fingerprint density at radius 1 is 1.28 bits per heavy atom. The summed E-state index contributed by atoms with van der Waals surface area (Å²) in [7, 11) is 3.05. The lowest BCUT2D eigenvalue weighted by Crippen LogP contribution is -2.26. The summed E-state index contributed by atoms with van der Waals surface area (Å²) in [5.41, 5.74) is 2.91. The molecule has 1 aliphatic heterocycles. The fourth-order valence-corrected chi connectivity index (χ4v) is 2.68. The van der Waals surface area contributed by atoms with Crippen LogP contribution in [-0.4, -0.2) is 42.7 Å². The molecule has 0 unspecified atom stereocenters. The molecule has 1 aromatic carbocycles. The maximum Gasteiger partial charge on any atom is 0.276 e. The van der Waals surface area contributed by atoms with Crippen LogP contribution >= 0.6 is 12.4 Å². The number of benzene rings is 1. The molecule has 0 aliphatic carbocycles. The van der Waals surface area contributed by atoms with Crippen molar-refractivity contribution in [3.05, 3.63) is 40.7 Å². The first-order valence-electron chi connectivity index (χ1n) is 7.62. The number of methoxy groups -OCH3 is 1. The van der Waals surface area contributed by atoms with Gasteiger partial charge in [-0.15, -0.1) is 12.4 Å². The molecule has 4 N–H and O–H groups in total. The third kappa shape index (κ3) is 3.75. The van der Waals surface area contributed by atoms with E-state index in [1.165, 1.54) is 14.2 Å². The molecule has 0 atom stereocenters. The van der Waals surface area contributed by atoms with Gasteiger partial charge >= 0.3 is 0 Å². The quantitative estimate of drug-likeness (QED) is 0.649. The molecule has 25 heavy (non-hydrogen) atoms. The number of nitrogens with one attached hydrogen (secondary N) is 4. The van der Waals surface area contributed by atoms with Crippen molar-refractivity contribution in [2.75, 3.05) is 26.0 Å². The number of carbonyl (C=O) groups is 2. The van der Waals surface area contributed by atoms with E-state index in [0.29, 0.717) is 29.2 Å². The van der Waals surface area contributed by atoms with Gasteiger partial charge in [0, 0.05) is 37.8 Å². The number of aromatic nitrogens is 2. The van der Waals surface area contributed by atoms with Crippen molar-refractivity contribution in [2.24, 2.45) is 0 Å². The van der Waals surface area contributed by atoms with Gasteiger partial charge in [0.15, 0.2) is 5.69 Å². The molecule has 134 valence electrons. The largest absolute Gasteiger partial charge is 0.497 e. The lowest BCUT2D eigenvalue weighted by Gasteiger charge is -2.14. The second-order valence-corrected chi connectivity index (χ2v) is 5.40. The van der Waals surface area contributed by atoms with Gasteiger partial charge in [-0.3, -0.25) is 14.7 Å². The number of ether oxygens (including phenoxy) is 1. The Balaban J connectivity index is 0.00000225. The highest BCUT2D eigenvalue weighted by molar-refractivity contribution is 6.09. The zero-order valence-electron chi connectivity index (χ0n) is 13.9. The number of halogens is 1. The SMILES string of the molecule is CNC(=O)c1cc(OC)ccc1NC(=O)c1n[nH]c2c1CNCC2.Cl. The summed E-state index contributed by atoms with van der Waals surface area (Å²) in [6.07, 6.45) is 0.807. The van der Waals surface area contributed by atoms with Crippen LogP contribution in [0.3, 0.4) is 0 Å². The van der Waals surface area contributed by atoms with E-state index in [1.54, 1.807) is 18.2 Å². The molecule has 0 fully saturated rings. The number of hydrogen-bond donors (Lipinski definition) is 4. The number of H-pyrrole nitrogens is 1. The summed E-state index contributed by atoms with van der Waals surface area (Å²) in [6.45, 7) is 1.45. The molecule has 9 heteroatoms. The standard InChI is InChI=1S/C16H19N5O3.ClH/c1-17-15(22)10-7-9(24-2)3-4-12(10)19-16(23)14-11-8-18-6-5-13(11)20-21-14;/h3-4,7,18H,5-6,8H2,1-2H3,(H,17,22)(H,19,23)(H,20,21);1H. The van der Waals surface area contributed by atoms with Gasteiger partial charge in [-0.05, 0) is 18.2 Å². The topological polar surface area (TPSA) is 108 Å². The number of rotatable bonds is 4. The molecule has 1 aromatic heterocycles.